The number of hydrogen-bond acceptors (Lipinski definition) is 6. The van der Waals surface area contributed by atoms with Gasteiger partial charge in [0.15, 0.2) is 0 Å². The van der Waals surface area contributed by atoms with Crippen molar-refractivity contribution in [2.75, 3.05) is 29.1 Å². The maximum atomic E-state index is 13.2. The van der Waals surface area contributed by atoms with E-state index in [1.54, 1.807) is 40.7 Å². The summed E-state index contributed by atoms with van der Waals surface area (Å²) in [5.41, 5.74) is 3.22. The molecule has 0 unspecified atom stereocenters. The maximum Gasteiger partial charge on any atom is 0.259 e. The van der Waals surface area contributed by atoms with Gasteiger partial charge >= 0.3 is 0 Å². The minimum atomic E-state index is -3.15. The van der Waals surface area contributed by atoms with E-state index in [2.05, 4.69) is 10.3 Å². The molecule has 0 saturated carbocycles. The van der Waals surface area contributed by atoms with E-state index in [0.29, 0.717) is 24.3 Å². The number of piperidine rings is 1. The monoisotopic (exact) mass is 455 g/mol. The number of benzene rings is 1. The van der Waals surface area contributed by atoms with Crippen molar-refractivity contribution < 1.29 is 13.2 Å². The molecule has 3 heterocycles. The van der Waals surface area contributed by atoms with Crippen molar-refractivity contribution in [1.82, 2.24) is 9.29 Å². The lowest BCUT2D eigenvalue weighted by atomic mass is 9.92. The Balaban J connectivity index is 1.53. The molecule has 2 aromatic rings. The Morgan fingerprint density at radius 1 is 1.22 bits per heavy atom. The minimum absolute atomic E-state index is 0.0847. The molecule has 170 valence electrons. The summed E-state index contributed by atoms with van der Waals surface area (Å²) in [6, 6.07) is 7.53. The van der Waals surface area contributed by atoms with Gasteiger partial charge in [-0.05, 0) is 62.9 Å². The number of carbonyl (C=O) groups excluding carboxylic acids is 1. The van der Waals surface area contributed by atoms with E-state index in [-0.39, 0.29) is 17.7 Å². The molecule has 1 amide bonds. The summed E-state index contributed by atoms with van der Waals surface area (Å²) in [6.07, 6.45) is 6.13. The van der Waals surface area contributed by atoms with Crippen LogP contribution in [0, 0.1) is 5.41 Å². The quantitative estimate of drug-likeness (QED) is 0.651. The predicted octanol–water partition coefficient (Wildman–Crippen LogP) is 3.20. The zero-order valence-electron chi connectivity index (χ0n) is 18.6. The number of nitrogens with one attached hydrogen (secondary N) is 2. The summed E-state index contributed by atoms with van der Waals surface area (Å²) in [5.74, 6) is 0.0407. The molecule has 2 aliphatic heterocycles. The van der Waals surface area contributed by atoms with Gasteiger partial charge in [-0.25, -0.2) is 12.7 Å². The largest absolute Gasteiger partial charge is 0.381 e. The number of amides is 1. The van der Waals surface area contributed by atoms with Crippen LogP contribution in [0.5, 0.6) is 0 Å². The molecule has 8 nitrogen and oxygen atoms in total. The van der Waals surface area contributed by atoms with E-state index >= 15 is 0 Å². The summed E-state index contributed by atoms with van der Waals surface area (Å²) >= 11 is 0. The van der Waals surface area contributed by atoms with E-state index in [0.717, 1.165) is 29.7 Å². The molecule has 1 saturated heterocycles. The van der Waals surface area contributed by atoms with E-state index in [1.807, 2.05) is 26.0 Å². The number of anilines is 2. The Morgan fingerprint density at radius 2 is 1.94 bits per heavy atom. The molecular weight excluding hydrogens is 426 g/mol. The lowest BCUT2D eigenvalue weighted by molar-refractivity contribution is 0.0982. The first-order valence-electron chi connectivity index (χ1n) is 10.9. The van der Waals surface area contributed by atoms with Crippen molar-refractivity contribution in [1.29, 1.82) is 5.41 Å². The zero-order valence-corrected chi connectivity index (χ0v) is 19.4. The highest BCUT2D eigenvalue weighted by atomic mass is 32.2. The van der Waals surface area contributed by atoms with E-state index in [9.17, 15) is 13.2 Å². The van der Waals surface area contributed by atoms with Crippen LogP contribution in [-0.2, 0) is 15.6 Å². The highest BCUT2D eigenvalue weighted by Gasteiger charge is 2.44. The van der Waals surface area contributed by atoms with Gasteiger partial charge in [-0.1, -0.05) is 6.07 Å². The van der Waals surface area contributed by atoms with Gasteiger partial charge in [0.25, 0.3) is 5.91 Å². The van der Waals surface area contributed by atoms with Crippen molar-refractivity contribution in [3.8, 4) is 0 Å². The highest BCUT2D eigenvalue weighted by Crippen LogP contribution is 2.42. The van der Waals surface area contributed by atoms with Crippen LogP contribution < -0.4 is 10.2 Å². The van der Waals surface area contributed by atoms with Gasteiger partial charge < -0.3 is 10.7 Å². The van der Waals surface area contributed by atoms with E-state index in [4.69, 9.17) is 5.41 Å². The van der Waals surface area contributed by atoms with Crippen molar-refractivity contribution in [3.05, 3.63) is 53.3 Å². The Bertz CT molecular complexity index is 1150. The van der Waals surface area contributed by atoms with Crippen LogP contribution >= 0.6 is 0 Å². The van der Waals surface area contributed by atoms with Crippen LogP contribution in [0.3, 0.4) is 0 Å². The second-order valence-electron chi connectivity index (χ2n) is 8.80. The number of aromatic nitrogens is 1. The van der Waals surface area contributed by atoms with Crippen LogP contribution in [0.25, 0.3) is 0 Å². The molecule has 2 N–H and O–H groups in total. The van der Waals surface area contributed by atoms with Crippen molar-refractivity contribution in [2.24, 2.45) is 0 Å². The average Bonchev–Trinajstić information content (AvgIpc) is 2.99. The minimum Gasteiger partial charge on any atom is -0.381 e. The molecule has 4 rings (SSSR count). The van der Waals surface area contributed by atoms with E-state index < -0.39 is 15.6 Å². The number of hydrogen-bond donors (Lipinski definition) is 2. The summed E-state index contributed by atoms with van der Waals surface area (Å²) in [6.45, 7) is 6.66. The number of fused-ring (bicyclic) bond motifs is 1. The lowest BCUT2D eigenvalue weighted by Gasteiger charge is -2.33. The molecule has 1 aromatic heterocycles. The van der Waals surface area contributed by atoms with Crippen molar-refractivity contribution >= 4 is 33.5 Å². The first kappa shape index (κ1) is 22.4. The molecular formula is C23H29N5O3S. The van der Waals surface area contributed by atoms with Gasteiger partial charge in [0.2, 0.25) is 10.0 Å². The van der Waals surface area contributed by atoms with Gasteiger partial charge in [0, 0.05) is 30.9 Å². The summed E-state index contributed by atoms with van der Waals surface area (Å²) in [4.78, 5) is 19.3. The maximum absolute atomic E-state index is 13.2. The molecule has 0 aliphatic carbocycles. The third-order valence-electron chi connectivity index (χ3n) is 6.43. The summed E-state index contributed by atoms with van der Waals surface area (Å²) in [7, 11) is -3.15. The molecule has 0 atom stereocenters. The number of nitrogens with zero attached hydrogens (tertiary/aromatic N) is 3. The first-order chi connectivity index (χ1) is 15.2. The molecule has 0 radical (unpaired) electrons. The Kier molecular flexibility index (Phi) is 5.81. The third kappa shape index (κ3) is 3.91. The van der Waals surface area contributed by atoms with Crippen LogP contribution in [0.15, 0.2) is 36.7 Å². The van der Waals surface area contributed by atoms with Crippen LogP contribution in [0.4, 0.5) is 11.4 Å². The summed E-state index contributed by atoms with van der Waals surface area (Å²) < 4.78 is 25.7. The van der Waals surface area contributed by atoms with Crippen LogP contribution in [0.2, 0.25) is 0 Å². The Hall–Kier alpha value is -2.78. The van der Waals surface area contributed by atoms with Gasteiger partial charge in [-0.15, -0.1) is 0 Å². The number of pyridine rings is 1. The lowest BCUT2D eigenvalue weighted by Crippen LogP contribution is -2.43. The van der Waals surface area contributed by atoms with Gasteiger partial charge in [-0.3, -0.25) is 14.7 Å². The standard InChI is InChI=1S/C23H29N5O3S/c1-4-32(30,31)27-9-7-17(8-10-27)26-18-12-19(15-25-14-18)28-22(29)20-6-5-16(13-24)11-21(20)23(28,2)3/h5-6,11-15,17,24,26H,4,7-10H2,1-3H3. The smallest absolute Gasteiger partial charge is 0.259 e. The van der Waals surface area contributed by atoms with Gasteiger partial charge in [0.05, 0.1) is 35.1 Å². The molecule has 9 heteroatoms. The Labute approximate surface area is 189 Å². The van der Waals surface area contributed by atoms with Crippen molar-refractivity contribution in [3.63, 3.8) is 0 Å². The molecule has 1 aromatic carbocycles. The fraction of sp³-hybridized carbons (Fsp3) is 0.435. The highest BCUT2D eigenvalue weighted by molar-refractivity contribution is 7.89. The van der Waals surface area contributed by atoms with Crippen LogP contribution in [-0.4, -0.2) is 54.7 Å². The SMILES string of the molecule is CCS(=O)(=O)N1CCC(Nc2cncc(N3C(=O)c4ccc(C=N)cc4C3(C)C)c2)CC1. The first-order valence-corrected chi connectivity index (χ1v) is 12.5. The van der Waals surface area contributed by atoms with Gasteiger partial charge in [-0.2, -0.15) is 0 Å². The second-order valence-corrected chi connectivity index (χ2v) is 11.1. The summed E-state index contributed by atoms with van der Waals surface area (Å²) in [5, 5.41) is 11.0. The van der Waals surface area contributed by atoms with E-state index in [1.165, 1.54) is 6.21 Å². The zero-order chi connectivity index (χ0) is 23.1. The number of rotatable bonds is 6. The number of carbonyl (C=O) groups is 1. The third-order valence-corrected chi connectivity index (χ3v) is 8.31. The normalized spacial score (nSPS) is 19.1. The van der Waals surface area contributed by atoms with Crippen molar-refractivity contribution in [2.45, 2.75) is 45.2 Å². The fourth-order valence-electron chi connectivity index (χ4n) is 4.60. The fourth-order valence-corrected chi connectivity index (χ4v) is 5.74. The second kappa shape index (κ2) is 8.29. The molecule has 32 heavy (non-hydrogen) atoms. The number of sulfonamides is 1. The predicted molar refractivity (Wildman–Crippen MR) is 126 cm³/mol. The molecule has 2 aliphatic rings. The van der Waals surface area contributed by atoms with Gasteiger partial charge in [0.1, 0.15) is 0 Å². The Morgan fingerprint density at radius 3 is 2.59 bits per heavy atom. The molecule has 0 spiro atoms. The molecule has 0 bridgehead atoms. The topological polar surface area (TPSA) is 106 Å². The molecule has 1 fully saturated rings. The average molecular weight is 456 g/mol. The van der Waals surface area contributed by atoms with Crippen LogP contribution in [0.1, 0.15) is 55.1 Å².